The number of aliphatic imine (C=N–C) groups is 1. The van der Waals surface area contributed by atoms with Crippen LogP contribution in [0.4, 0.5) is 0 Å². The van der Waals surface area contributed by atoms with Crippen LogP contribution in [-0.4, -0.2) is 85.3 Å². The van der Waals surface area contributed by atoms with E-state index >= 15 is 0 Å². The third-order valence-electron chi connectivity index (χ3n) is 6.53. The van der Waals surface area contributed by atoms with Crippen LogP contribution in [0.5, 0.6) is 0 Å². The minimum Gasteiger partial charge on any atom is -0.444 e. The summed E-state index contributed by atoms with van der Waals surface area (Å²) in [6.45, 7) is 19.9. The number of likely N-dealkylation sites (tertiary alicyclic amines) is 1. The Hall–Kier alpha value is -0.910. The number of hydrogen-bond acceptors (Lipinski definition) is 6. The molecule has 0 spiro atoms. The number of nitrogens with zero attached hydrogens (tertiary/aromatic N) is 4. The van der Waals surface area contributed by atoms with Gasteiger partial charge in [-0.05, 0) is 66.5 Å². The van der Waals surface area contributed by atoms with Crippen LogP contribution in [0.15, 0.2) is 9.41 Å². The second-order valence-electron chi connectivity index (χ2n) is 9.46. The number of rotatable bonds is 8. The van der Waals surface area contributed by atoms with Crippen molar-refractivity contribution < 1.29 is 9.15 Å². The maximum Gasteiger partial charge on any atom is 0.208 e. The van der Waals surface area contributed by atoms with E-state index in [1.165, 1.54) is 12.8 Å². The van der Waals surface area contributed by atoms with E-state index in [2.05, 4.69) is 46.2 Å². The Morgan fingerprint density at radius 1 is 1.12 bits per heavy atom. The van der Waals surface area contributed by atoms with Gasteiger partial charge in [-0.3, -0.25) is 14.8 Å². The van der Waals surface area contributed by atoms with Crippen molar-refractivity contribution in [3.8, 4) is 0 Å². The smallest absolute Gasteiger partial charge is 0.208 e. The zero-order valence-electron chi connectivity index (χ0n) is 20.6. The molecule has 2 fully saturated rings. The van der Waals surface area contributed by atoms with Gasteiger partial charge < -0.3 is 19.8 Å². The largest absolute Gasteiger partial charge is 0.444 e. The summed E-state index contributed by atoms with van der Waals surface area (Å²) in [5, 5.41) is 7.00. The van der Waals surface area contributed by atoms with Crippen molar-refractivity contribution >= 4 is 29.9 Å². The van der Waals surface area contributed by atoms with Crippen LogP contribution in [0.25, 0.3) is 0 Å². The highest BCUT2D eigenvalue weighted by Gasteiger charge is 2.28. The Kier molecular flexibility index (Phi) is 11.2. The normalized spacial score (nSPS) is 19.6. The van der Waals surface area contributed by atoms with E-state index in [-0.39, 0.29) is 29.5 Å². The summed E-state index contributed by atoms with van der Waals surface area (Å²) < 4.78 is 11.2. The molecule has 0 saturated carbocycles. The molecular weight excluding hydrogens is 519 g/mol. The van der Waals surface area contributed by atoms with Crippen molar-refractivity contribution in [1.82, 2.24) is 25.4 Å². The van der Waals surface area contributed by atoms with Gasteiger partial charge in [-0.2, -0.15) is 0 Å². The standard InChI is InChI=1S/C23H42N6O2.HI/c1-6-24-22(26-17-23(4,5)29-11-13-30-14-12-29)25-15-20-7-9-28(10-8-20)16-21-27-18(2)19(3)31-21;/h20H,6-17H2,1-5H3,(H2,24,25,26);1H. The van der Waals surface area contributed by atoms with Crippen LogP contribution < -0.4 is 10.6 Å². The Morgan fingerprint density at radius 3 is 2.41 bits per heavy atom. The number of oxazole rings is 1. The third kappa shape index (κ3) is 8.14. The van der Waals surface area contributed by atoms with Crippen LogP contribution in [0.3, 0.4) is 0 Å². The molecule has 2 aliphatic rings. The number of halogens is 1. The zero-order valence-corrected chi connectivity index (χ0v) is 22.9. The number of guanidine groups is 1. The van der Waals surface area contributed by atoms with E-state index in [1.54, 1.807) is 0 Å². The molecule has 0 bridgehead atoms. The molecule has 1 aromatic rings. The topological polar surface area (TPSA) is 78.2 Å². The predicted molar refractivity (Wildman–Crippen MR) is 140 cm³/mol. The Morgan fingerprint density at radius 2 is 1.81 bits per heavy atom. The highest BCUT2D eigenvalue weighted by atomic mass is 127. The van der Waals surface area contributed by atoms with Gasteiger partial charge in [0.1, 0.15) is 5.76 Å². The van der Waals surface area contributed by atoms with E-state index in [4.69, 9.17) is 14.1 Å². The molecule has 0 unspecified atom stereocenters. The number of piperidine rings is 1. The molecule has 2 saturated heterocycles. The van der Waals surface area contributed by atoms with Crippen molar-refractivity contribution in [2.45, 2.75) is 59.5 Å². The summed E-state index contributed by atoms with van der Waals surface area (Å²) in [5.74, 6) is 3.37. The Balaban J connectivity index is 0.00000363. The first-order chi connectivity index (χ1) is 14.9. The summed E-state index contributed by atoms with van der Waals surface area (Å²) in [7, 11) is 0. The van der Waals surface area contributed by atoms with Crippen LogP contribution in [0, 0.1) is 19.8 Å². The first kappa shape index (κ1) is 27.3. The molecule has 0 radical (unpaired) electrons. The highest BCUT2D eigenvalue weighted by molar-refractivity contribution is 14.0. The maximum absolute atomic E-state index is 5.75. The summed E-state index contributed by atoms with van der Waals surface area (Å²) in [6, 6.07) is 0. The summed E-state index contributed by atoms with van der Waals surface area (Å²) in [6.07, 6.45) is 2.37. The number of hydrogen-bond donors (Lipinski definition) is 2. The molecular formula is C23H43IN6O2. The van der Waals surface area contributed by atoms with Crippen molar-refractivity contribution in [2.24, 2.45) is 10.9 Å². The highest BCUT2D eigenvalue weighted by Crippen LogP contribution is 2.20. The minimum atomic E-state index is 0. The van der Waals surface area contributed by atoms with E-state index in [0.717, 1.165) is 88.9 Å². The minimum absolute atomic E-state index is 0. The van der Waals surface area contributed by atoms with Gasteiger partial charge in [0, 0.05) is 31.7 Å². The summed E-state index contributed by atoms with van der Waals surface area (Å²) in [5.41, 5.74) is 1.04. The fraction of sp³-hybridized carbons (Fsp3) is 0.826. The molecule has 8 nitrogen and oxygen atoms in total. The summed E-state index contributed by atoms with van der Waals surface area (Å²) in [4.78, 5) is 14.4. The van der Waals surface area contributed by atoms with E-state index < -0.39 is 0 Å². The molecule has 32 heavy (non-hydrogen) atoms. The van der Waals surface area contributed by atoms with E-state index in [0.29, 0.717) is 5.92 Å². The van der Waals surface area contributed by atoms with Crippen molar-refractivity contribution in [3.63, 3.8) is 0 Å². The lowest BCUT2D eigenvalue weighted by atomic mass is 9.97. The van der Waals surface area contributed by atoms with Gasteiger partial charge in [-0.25, -0.2) is 4.98 Å². The van der Waals surface area contributed by atoms with E-state index in [9.17, 15) is 0 Å². The van der Waals surface area contributed by atoms with Crippen molar-refractivity contribution in [3.05, 3.63) is 17.3 Å². The number of morpholine rings is 1. The molecule has 2 N–H and O–H groups in total. The van der Waals surface area contributed by atoms with Crippen LogP contribution in [0.2, 0.25) is 0 Å². The molecule has 0 aromatic carbocycles. The van der Waals surface area contributed by atoms with Crippen molar-refractivity contribution in [1.29, 1.82) is 0 Å². The number of ether oxygens (including phenoxy) is 1. The zero-order chi connectivity index (χ0) is 22.3. The lowest BCUT2D eigenvalue weighted by molar-refractivity contribution is -0.00684. The van der Waals surface area contributed by atoms with Gasteiger partial charge in [0.05, 0.1) is 32.0 Å². The van der Waals surface area contributed by atoms with Crippen LogP contribution in [0.1, 0.15) is 51.0 Å². The first-order valence-corrected chi connectivity index (χ1v) is 11.9. The molecule has 1 aromatic heterocycles. The molecule has 2 aliphatic heterocycles. The summed E-state index contributed by atoms with van der Waals surface area (Å²) >= 11 is 0. The lowest BCUT2D eigenvalue weighted by Gasteiger charge is -2.40. The van der Waals surface area contributed by atoms with Gasteiger partial charge >= 0.3 is 0 Å². The van der Waals surface area contributed by atoms with Crippen LogP contribution in [-0.2, 0) is 11.3 Å². The second kappa shape index (κ2) is 13.1. The maximum atomic E-state index is 5.75. The fourth-order valence-corrected chi connectivity index (χ4v) is 4.27. The number of aryl methyl sites for hydroxylation is 2. The first-order valence-electron chi connectivity index (χ1n) is 11.9. The number of aromatic nitrogens is 1. The molecule has 9 heteroatoms. The predicted octanol–water partition coefficient (Wildman–Crippen LogP) is 2.79. The lowest BCUT2D eigenvalue weighted by Crippen LogP contribution is -2.52. The second-order valence-corrected chi connectivity index (χ2v) is 9.46. The van der Waals surface area contributed by atoms with Gasteiger partial charge in [0.2, 0.25) is 5.89 Å². The average Bonchev–Trinajstić information content (AvgIpc) is 3.08. The monoisotopic (exact) mass is 562 g/mol. The molecule has 0 atom stereocenters. The van der Waals surface area contributed by atoms with E-state index in [1.807, 2.05) is 13.8 Å². The molecule has 3 heterocycles. The van der Waals surface area contributed by atoms with Gasteiger partial charge in [-0.1, -0.05) is 0 Å². The molecule has 3 rings (SSSR count). The molecule has 0 aliphatic carbocycles. The Labute approximate surface area is 211 Å². The van der Waals surface area contributed by atoms with Crippen LogP contribution >= 0.6 is 24.0 Å². The Bertz CT molecular complexity index is 690. The van der Waals surface area contributed by atoms with Gasteiger partial charge in [-0.15, -0.1) is 24.0 Å². The third-order valence-corrected chi connectivity index (χ3v) is 6.53. The van der Waals surface area contributed by atoms with Gasteiger partial charge in [0.15, 0.2) is 5.96 Å². The number of nitrogens with one attached hydrogen (secondary N) is 2. The fourth-order valence-electron chi connectivity index (χ4n) is 4.27. The SMILES string of the molecule is CCNC(=NCC(C)(C)N1CCOCC1)NCC1CCN(Cc2nc(C)c(C)o2)CC1.I. The quantitative estimate of drug-likeness (QED) is 0.287. The average molecular weight is 563 g/mol. The van der Waals surface area contributed by atoms with Crippen molar-refractivity contribution in [2.75, 3.05) is 59.0 Å². The molecule has 0 amide bonds. The van der Waals surface area contributed by atoms with Gasteiger partial charge in [0.25, 0.3) is 0 Å². The molecule has 184 valence electrons.